The Hall–Kier alpha value is -0.850. The standard InChI is InChI=1S/C6H7ClO2S2.C3H3NO/c1-2-5-3-4-6(10-5)11(7,8)9;1-2-4-5-3-1/h3-4H,2H2,1H3;1-3H. The van der Waals surface area contributed by atoms with E-state index in [2.05, 4.69) is 9.68 Å². The van der Waals surface area contributed by atoms with Crippen LogP contribution in [0.5, 0.6) is 0 Å². The summed E-state index contributed by atoms with van der Waals surface area (Å²) in [4.78, 5) is 1.03. The minimum Gasteiger partial charge on any atom is -0.365 e. The highest BCUT2D eigenvalue weighted by Gasteiger charge is 2.11. The van der Waals surface area contributed by atoms with Gasteiger partial charge in [-0.2, -0.15) is 0 Å². The first kappa shape index (κ1) is 13.2. The van der Waals surface area contributed by atoms with Crippen LogP contribution < -0.4 is 0 Å². The first-order chi connectivity index (χ1) is 7.54. The lowest BCUT2D eigenvalue weighted by atomic mass is 10.4. The van der Waals surface area contributed by atoms with Crippen molar-refractivity contribution in [2.45, 2.75) is 17.6 Å². The fraction of sp³-hybridized carbons (Fsp3) is 0.222. The van der Waals surface area contributed by atoms with E-state index in [9.17, 15) is 8.42 Å². The Kier molecular flexibility index (Phi) is 4.98. The second-order valence-electron chi connectivity index (χ2n) is 2.70. The van der Waals surface area contributed by atoms with Crippen LogP contribution in [0.1, 0.15) is 11.8 Å². The maximum Gasteiger partial charge on any atom is 0.270 e. The van der Waals surface area contributed by atoms with Crippen LogP contribution in [0.15, 0.2) is 39.4 Å². The van der Waals surface area contributed by atoms with Gasteiger partial charge in [-0.1, -0.05) is 12.1 Å². The van der Waals surface area contributed by atoms with Crippen molar-refractivity contribution < 1.29 is 12.9 Å². The third kappa shape index (κ3) is 4.34. The Morgan fingerprint density at radius 1 is 1.50 bits per heavy atom. The van der Waals surface area contributed by atoms with Crippen molar-refractivity contribution in [1.29, 1.82) is 0 Å². The van der Waals surface area contributed by atoms with Gasteiger partial charge in [0, 0.05) is 15.6 Å². The van der Waals surface area contributed by atoms with Crippen LogP contribution in [0, 0.1) is 0 Å². The summed E-state index contributed by atoms with van der Waals surface area (Å²) in [6.45, 7) is 1.97. The fourth-order valence-electron chi connectivity index (χ4n) is 0.855. The van der Waals surface area contributed by atoms with E-state index < -0.39 is 9.05 Å². The van der Waals surface area contributed by atoms with Gasteiger partial charge in [-0.15, -0.1) is 11.3 Å². The minimum atomic E-state index is -3.50. The third-order valence-electron chi connectivity index (χ3n) is 1.57. The fourth-order valence-corrected chi connectivity index (χ4v) is 2.92. The van der Waals surface area contributed by atoms with Crippen molar-refractivity contribution in [1.82, 2.24) is 5.16 Å². The molecular formula is C9H10ClNO3S2. The van der Waals surface area contributed by atoms with Gasteiger partial charge >= 0.3 is 0 Å². The molecular weight excluding hydrogens is 270 g/mol. The molecule has 0 spiro atoms. The van der Waals surface area contributed by atoms with Crippen LogP contribution in [0.25, 0.3) is 0 Å². The molecule has 0 saturated heterocycles. The van der Waals surface area contributed by atoms with E-state index in [4.69, 9.17) is 10.7 Å². The number of hydrogen-bond donors (Lipinski definition) is 0. The van der Waals surface area contributed by atoms with E-state index in [0.29, 0.717) is 0 Å². The van der Waals surface area contributed by atoms with Crippen molar-refractivity contribution in [3.05, 3.63) is 35.5 Å². The zero-order chi connectivity index (χ0) is 12.0. The number of nitrogens with zero attached hydrogens (tertiary/aromatic N) is 1. The topological polar surface area (TPSA) is 60.2 Å². The molecule has 2 rings (SSSR count). The predicted octanol–water partition coefficient (Wildman–Crippen LogP) is 2.91. The highest BCUT2D eigenvalue weighted by molar-refractivity contribution is 8.15. The van der Waals surface area contributed by atoms with Gasteiger partial charge in [-0.3, -0.25) is 0 Å². The summed E-state index contributed by atoms with van der Waals surface area (Å²) in [5, 5.41) is 3.35. The minimum absolute atomic E-state index is 0.232. The number of hydrogen-bond acceptors (Lipinski definition) is 5. The number of thiophene rings is 1. The molecule has 0 N–H and O–H groups in total. The van der Waals surface area contributed by atoms with E-state index in [0.717, 1.165) is 11.3 Å². The Morgan fingerprint density at radius 3 is 2.50 bits per heavy atom. The summed E-state index contributed by atoms with van der Waals surface area (Å²) >= 11 is 1.22. The number of rotatable bonds is 2. The van der Waals surface area contributed by atoms with Crippen LogP contribution in [-0.4, -0.2) is 13.6 Å². The highest BCUT2D eigenvalue weighted by atomic mass is 35.7. The van der Waals surface area contributed by atoms with E-state index in [1.54, 1.807) is 18.3 Å². The number of halogens is 1. The second-order valence-corrected chi connectivity index (χ2v) is 6.66. The molecule has 4 nitrogen and oxygen atoms in total. The molecule has 0 aliphatic rings. The van der Waals surface area contributed by atoms with Gasteiger partial charge in [0.25, 0.3) is 9.05 Å². The lowest BCUT2D eigenvalue weighted by Gasteiger charge is -1.86. The average Bonchev–Trinajstić information content (AvgIpc) is 2.91. The molecule has 0 bridgehead atoms. The van der Waals surface area contributed by atoms with Gasteiger partial charge < -0.3 is 4.52 Å². The summed E-state index contributed by atoms with van der Waals surface area (Å²) in [5.74, 6) is 0. The van der Waals surface area contributed by atoms with Gasteiger partial charge in [0.2, 0.25) is 0 Å². The quantitative estimate of drug-likeness (QED) is 0.793. The van der Waals surface area contributed by atoms with Crippen LogP contribution >= 0.6 is 22.0 Å². The maximum atomic E-state index is 10.7. The van der Waals surface area contributed by atoms with Crippen molar-refractivity contribution in [3.8, 4) is 0 Å². The summed E-state index contributed by atoms with van der Waals surface area (Å²) in [6, 6.07) is 5.03. The maximum absolute atomic E-state index is 10.7. The molecule has 0 aliphatic heterocycles. The largest absolute Gasteiger partial charge is 0.365 e. The van der Waals surface area contributed by atoms with Crippen molar-refractivity contribution in [3.63, 3.8) is 0 Å². The normalized spacial score (nSPS) is 10.6. The monoisotopic (exact) mass is 279 g/mol. The lowest BCUT2D eigenvalue weighted by molar-refractivity contribution is 0.420. The van der Waals surface area contributed by atoms with E-state index >= 15 is 0 Å². The molecule has 0 aromatic carbocycles. The van der Waals surface area contributed by atoms with Gasteiger partial charge in [-0.25, -0.2) is 8.42 Å². The molecule has 0 saturated carbocycles. The number of aryl methyl sites for hydroxylation is 1. The van der Waals surface area contributed by atoms with Gasteiger partial charge in [-0.05, 0) is 24.6 Å². The molecule has 88 valence electrons. The molecule has 0 radical (unpaired) electrons. The summed E-state index contributed by atoms with van der Waals surface area (Å²) < 4.78 is 26.0. The zero-order valence-electron chi connectivity index (χ0n) is 8.46. The molecule has 0 aliphatic carbocycles. The molecule has 0 fully saturated rings. The molecule has 7 heteroatoms. The third-order valence-corrected chi connectivity index (χ3v) is 4.90. The van der Waals surface area contributed by atoms with Crippen molar-refractivity contribution >= 4 is 31.1 Å². The zero-order valence-corrected chi connectivity index (χ0v) is 10.8. The average molecular weight is 280 g/mol. The smallest absolute Gasteiger partial charge is 0.270 e. The molecule has 0 atom stereocenters. The van der Waals surface area contributed by atoms with E-state index in [1.807, 2.05) is 6.92 Å². The predicted molar refractivity (Wildman–Crippen MR) is 63.2 cm³/mol. The second kappa shape index (κ2) is 6.03. The summed E-state index contributed by atoms with van der Waals surface area (Å²) in [7, 11) is 1.61. The van der Waals surface area contributed by atoms with Crippen LogP contribution in [0.3, 0.4) is 0 Å². The van der Waals surface area contributed by atoms with Crippen LogP contribution in [0.4, 0.5) is 0 Å². The first-order valence-corrected chi connectivity index (χ1v) is 7.54. The molecule has 16 heavy (non-hydrogen) atoms. The number of aromatic nitrogens is 1. The first-order valence-electron chi connectivity index (χ1n) is 4.41. The molecule has 2 aromatic heterocycles. The molecule has 0 amide bonds. The summed E-state index contributed by atoms with van der Waals surface area (Å²) in [5.41, 5.74) is 0. The van der Waals surface area contributed by atoms with E-state index in [-0.39, 0.29) is 4.21 Å². The molecule has 2 aromatic rings. The Bertz CT molecular complexity index is 487. The Morgan fingerprint density at radius 2 is 2.25 bits per heavy atom. The Balaban J connectivity index is 0.000000212. The highest BCUT2D eigenvalue weighted by Crippen LogP contribution is 2.24. The van der Waals surface area contributed by atoms with Crippen LogP contribution in [-0.2, 0) is 15.5 Å². The van der Waals surface area contributed by atoms with Crippen LogP contribution in [0.2, 0.25) is 0 Å². The van der Waals surface area contributed by atoms with Crippen molar-refractivity contribution in [2.24, 2.45) is 0 Å². The van der Waals surface area contributed by atoms with Crippen molar-refractivity contribution in [2.75, 3.05) is 0 Å². The lowest BCUT2D eigenvalue weighted by Crippen LogP contribution is -1.83. The molecule has 0 unspecified atom stereocenters. The summed E-state index contributed by atoms with van der Waals surface area (Å²) in [6.07, 6.45) is 3.94. The Labute approximate surface area is 102 Å². The van der Waals surface area contributed by atoms with E-state index in [1.165, 1.54) is 23.7 Å². The molecule has 2 heterocycles. The SMILES string of the molecule is CCc1ccc(S(=O)(=O)Cl)s1.c1cnoc1. The van der Waals surface area contributed by atoms with Gasteiger partial charge in [0.05, 0.1) is 6.20 Å². The van der Waals surface area contributed by atoms with Gasteiger partial charge in [0.1, 0.15) is 10.5 Å². The van der Waals surface area contributed by atoms with Gasteiger partial charge in [0.15, 0.2) is 0 Å².